The van der Waals surface area contributed by atoms with E-state index in [0.717, 1.165) is 0 Å². The quantitative estimate of drug-likeness (QED) is 0.749. The number of hydrogen-bond acceptors (Lipinski definition) is 4. The Hall–Kier alpha value is -1.11. The molecule has 0 atom stereocenters. The summed E-state index contributed by atoms with van der Waals surface area (Å²) in [6.45, 7) is 2.64. The lowest BCUT2D eigenvalue weighted by Crippen LogP contribution is -2.27. The van der Waals surface area contributed by atoms with Crippen molar-refractivity contribution in [3.05, 3.63) is 24.3 Å². The van der Waals surface area contributed by atoms with Gasteiger partial charge in [0, 0.05) is 13.1 Å². The van der Waals surface area contributed by atoms with E-state index in [4.69, 9.17) is 9.66 Å². The third kappa shape index (κ3) is 2.94. The van der Waals surface area contributed by atoms with Gasteiger partial charge in [0.1, 0.15) is 4.90 Å². The lowest BCUT2D eigenvalue weighted by Gasteiger charge is -2.23. The summed E-state index contributed by atoms with van der Waals surface area (Å²) < 4.78 is 31.4. The van der Waals surface area contributed by atoms with Crippen molar-refractivity contribution < 1.29 is 18.1 Å². The highest BCUT2D eigenvalue weighted by atomic mass is 32.2. The molecule has 1 rings (SSSR count). The summed E-state index contributed by atoms with van der Waals surface area (Å²) >= 11 is 0. The first kappa shape index (κ1) is 13.0. The van der Waals surface area contributed by atoms with Gasteiger partial charge in [0.15, 0.2) is 0 Å². The van der Waals surface area contributed by atoms with Gasteiger partial charge in [0.2, 0.25) is 0 Å². The zero-order valence-corrected chi connectivity index (χ0v) is 9.81. The summed E-state index contributed by atoms with van der Waals surface area (Å²) in [5.41, 5.74) is 0.404. The molecule has 0 aliphatic heterocycles. The van der Waals surface area contributed by atoms with E-state index < -0.39 is 10.1 Å². The van der Waals surface area contributed by atoms with Crippen molar-refractivity contribution in [3.63, 3.8) is 0 Å². The minimum Gasteiger partial charge on any atom is -0.395 e. The van der Waals surface area contributed by atoms with Crippen molar-refractivity contribution in [1.29, 1.82) is 0 Å². The maximum absolute atomic E-state index is 11.1. The van der Waals surface area contributed by atoms with Crippen LogP contribution >= 0.6 is 0 Å². The SMILES string of the molecule is CCN(CCO)c1ccccc1S(=O)(=O)O. The number of nitrogens with zero attached hydrogens (tertiary/aromatic N) is 1. The van der Waals surface area contributed by atoms with Crippen LogP contribution < -0.4 is 4.90 Å². The summed E-state index contributed by atoms with van der Waals surface area (Å²) in [7, 11) is -4.23. The summed E-state index contributed by atoms with van der Waals surface area (Å²) in [6, 6.07) is 6.16. The Morgan fingerprint density at radius 1 is 1.31 bits per heavy atom. The van der Waals surface area contributed by atoms with Gasteiger partial charge >= 0.3 is 0 Å². The van der Waals surface area contributed by atoms with Gasteiger partial charge in [-0.3, -0.25) is 4.55 Å². The van der Waals surface area contributed by atoms with Gasteiger partial charge in [0.25, 0.3) is 10.1 Å². The first-order chi connectivity index (χ1) is 7.50. The summed E-state index contributed by atoms with van der Waals surface area (Å²) in [5.74, 6) is 0. The van der Waals surface area contributed by atoms with Crippen LogP contribution in [0.2, 0.25) is 0 Å². The highest BCUT2D eigenvalue weighted by Crippen LogP contribution is 2.24. The van der Waals surface area contributed by atoms with Gasteiger partial charge in [0.05, 0.1) is 12.3 Å². The van der Waals surface area contributed by atoms with Crippen LogP contribution in [-0.4, -0.2) is 37.8 Å². The minimum absolute atomic E-state index is 0.0757. The number of rotatable bonds is 5. The Bertz CT molecular complexity index is 444. The Morgan fingerprint density at radius 2 is 1.94 bits per heavy atom. The molecule has 0 saturated carbocycles. The van der Waals surface area contributed by atoms with E-state index in [1.165, 1.54) is 6.07 Å². The van der Waals surface area contributed by atoms with Gasteiger partial charge in [-0.2, -0.15) is 8.42 Å². The molecular weight excluding hydrogens is 230 g/mol. The number of aliphatic hydroxyl groups excluding tert-OH is 1. The molecule has 0 aliphatic carbocycles. The molecule has 2 N–H and O–H groups in total. The molecule has 0 saturated heterocycles. The van der Waals surface area contributed by atoms with Crippen molar-refractivity contribution in [2.24, 2.45) is 0 Å². The Kier molecular flexibility index (Phi) is 4.28. The van der Waals surface area contributed by atoms with E-state index in [0.29, 0.717) is 18.8 Å². The molecule has 0 unspecified atom stereocenters. The lowest BCUT2D eigenvalue weighted by atomic mass is 10.3. The van der Waals surface area contributed by atoms with Gasteiger partial charge in [-0.15, -0.1) is 0 Å². The molecule has 0 aromatic heterocycles. The lowest BCUT2D eigenvalue weighted by molar-refractivity contribution is 0.302. The molecule has 6 heteroatoms. The predicted octanol–water partition coefficient (Wildman–Crippen LogP) is 0.752. The largest absolute Gasteiger partial charge is 0.395 e. The van der Waals surface area contributed by atoms with E-state index in [1.807, 2.05) is 6.92 Å². The van der Waals surface area contributed by atoms with Gasteiger partial charge in [-0.25, -0.2) is 0 Å². The van der Waals surface area contributed by atoms with Crippen LogP contribution in [0.3, 0.4) is 0 Å². The van der Waals surface area contributed by atoms with E-state index in [1.54, 1.807) is 23.1 Å². The molecule has 5 nitrogen and oxygen atoms in total. The van der Waals surface area contributed by atoms with Crippen LogP contribution in [-0.2, 0) is 10.1 Å². The third-order valence-corrected chi connectivity index (χ3v) is 3.14. The summed E-state index contributed by atoms with van der Waals surface area (Å²) in [4.78, 5) is 1.55. The molecule has 0 bridgehead atoms. The fourth-order valence-corrected chi connectivity index (χ4v) is 2.22. The van der Waals surface area contributed by atoms with Gasteiger partial charge in [-0.1, -0.05) is 12.1 Å². The second kappa shape index (κ2) is 5.29. The standard InChI is InChI=1S/C10H15NO4S/c1-2-11(7-8-12)9-5-3-4-6-10(9)16(13,14)15/h3-6,12H,2,7-8H2,1H3,(H,13,14,15). The van der Waals surface area contributed by atoms with Crippen LogP contribution in [0.5, 0.6) is 0 Å². The Labute approximate surface area is 95.1 Å². The van der Waals surface area contributed by atoms with E-state index in [2.05, 4.69) is 0 Å². The smallest absolute Gasteiger partial charge is 0.296 e. The minimum atomic E-state index is -4.23. The van der Waals surface area contributed by atoms with Gasteiger partial charge in [-0.05, 0) is 19.1 Å². The van der Waals surface area contributed by atoms with E-state index in [-0.39, 0.29) is 11.5 Å². The van der Waals surface area contributed by atoms with E-state index >= 15 is 0 Å². The number of likely N-dealkylation sites (N-methyl/N-ethyl adjacent to an activating group) is 1. The predicted molar refractivity (Wildman–Crippen MR) is 61.2 cm³/mol. The van der Waals surface area contributed by atoms with Crippen molar-refractivity contribution >= 4 is 15.8 Å². The van der Waals surface area contributed by atoms with Crippen molar-refractivity contribution in [1.82, 2.24) is 0 Å². The molecule has 0 spiro atoms. The highest BCUT2D eigenvalue weighted by Gasteiger charge is 2.17. The average molecular weight is 245 g/mol. The molecule has 0 fully saturated rings. The summed E-state index contributed by atoms with van der Waals surface area (Å²) in [5, 5.41) is 8.87. The molecular formula is C10H15NO4S. The Balaban J connectivity index is 3.22. The summed E-state index contributed by atoms with van der Waals surface area (Å²) in [6.07, 6.45) is 0. The molecule has 1 aromatic rings. The molecule has 90 valence electrons. The number of benzene rings is 1. The Morgan fingerprint density at radius 3 is 2.44 bits per heavy atom. The average Bonchev–Trinajstić information content (AvgIpc) is 2.25. The third-order valence-electron chi connectivity index (χ3n) is 2.24. The first-order valence-electron chi connectivity index (χ1n) is 4.93. The normalized spacial score (nSPS) is 11.4. The maximum Gasteiger partial charge on any atom is 0.296 e. The molecule has 0 heterocycles. The number of anilines is 1. The van der Waals surface area contributed by atoms with Crippen LogP contribution in [0, 0.1) is 0 Å². The van der Waals surface area contributed by atoms with Crippen LogP contribution in [0.15, 0.2) is 29.2 Å². The second-order valence-electron chi connectivity index (χ2n) is 3.25. The molecule has 0 radical (unpaired) electrons. The van der Waals surface area contributed by atoms with Crippen LogP contribution in [0.25, 0.3) is 0 Å². The van der Waals surface area contributed by atoms with Crippen LogP contribution in [0.4, 0.5) is 5.69 Å². The zero-order chi connectivity index (χ0) is 12.2. The molecule has 0 aliphatic rings. The second-order valence-corrected chi connectivity index (χ2v) is 4.64. The van der Waals surface area contributed by atoms with Crippen molar-refractivity contribution in [2.45, 2.75) is 11.8 Å². The van der Waals surface area contributed by atoms with Crippen molar-refractivity contribution in [2.75, 3.05) is 24.6 Å². The fraction of sp³-hybridized carbons (Fsp3) is 0.400. The molecule has 1 aromatic carbocycles. The number of hydrogen-bond donors (Lipinski definition) is 2. The topological polar surface area (TPSA) is 77.8 Å². The zero-order valence-electron chi connectivity index (χ0n) is 9.00. The highest BCUT2D eigenvalue weighted by molar-refractivity contribution is 7.86. The van der Waals surface area contributed by atoms with Crippen molar-refractivity contribution in [3.8, 4) is 0 Å². The molecule has 16 heavy (non-hydrogen) atoms. The first-order valence-corrected chi connectivity index (χ1v) is 6.37. The number of aliphatic hydroxyl groups is 1. The van der Waals surface area contributed by atoms with Gasteiger partial charge < -0.3 is 10.0 Å². The fourth-order valence-electron chi connectivity index (χ4n) is 1.51. The van der Waals surface area contributed by atoms with Crippen LogP contribution in [0.1, 0.15) is 6.92 Å². The molecule has 0 amide bonds. The monoisotopic (exact) mass is 245 g/mol. The van der Waals surface area contributed by atoms with E-state index in [9.17, 15) is 8.42 Å². The number of para-hydroxylation sites is 1. The maximum atomic E-state index is 11.1.